The van der Waals surface area contributed by atoms with E-state index in [9.17, 15) is 4.79 Å². The lowest BCUT2D eigenvalue weighted by atomic mass is 10.2. The Morgan fingerprint density at radius 3 is 2.79 bits per heavy atom. The summed E-state index contributed by atoms with van der Waals surface area (Å²) in [4.78, 5) is 19.8. The second-order valence-electron chi connectivity index (χ2n) is 6.57. The molecular formula is C19H19N5O3S. The lowest BCUT2D eigenvalue weighted by Crippen LogP contribution is -2.10. The monoisotopic (exact) mass is 397 g/mol. The number of fused-ring (bicyclic) bond motifs is 1. The quantitative estimate of drug-likeness (QED) is 0.476. The third-order valence-corrected chi connectivity index (χ3v) is 5.36. The van der Waals surface area contributed by atoms with Crippen molar-refractivity contribution in [2.45, 2.75) is 20.5 Å². The van der Waals surface area contributed by atoms with Crippen molar-refractivity contribution in [1.82, 2.24) is 19.9 Å². The Balaban J connectivity index is 1.58. The predicted octanol–water partition coefficient (Wildman–Crippen LogP) is 3.51. The first-order valence-electron chi connectivity index (χ1n) is 8.66. The number of carbonyl (C=O) groups is 1. The highest BCUT2D eigenvalue weighted by atomic mass is 32.1. The van der Waals surface area contributed by atoms with Crippen LogP contribution in [0.15, 0.2) is 34.9 Å². The fourth-order valence-electron chi connectivity index (χ4n) is 2.80. The smallest absolute Gasteiger partial charge is 0.348 e. The number of benzene rings is 1. The highest BCUT2D eigenvalue weighted by molar-refractivity contribution is 7.20. The van der Waals surface area contributed by atoms with Gasteiger partial charge in [0.15, 0.2) is 6.61 Å². The second kappa shape index (κ2) is 7.08. The summed E-state index contributed by atoms with van der Waals surface area (Å²) in [5.74, 6) is 0.254. The molecule has 0 bridgehead atoms. The Bertz CT molecular complexity index is 1160. The van der Waals surface area contributed by atoms with Crippen molar-refractivity contribution in [3.8, 4) is 5.69 Å². The Labute approximate surface area is 165 Å². The number of ether oxygens (including phenoxy) is 1. The van der Waals surface area contributed by atoms with E-state index in [1.165, 1.54) is 11.3 Å². The normalized spacial score (nSPS) is 11.1. The Morgan fingerprint density at radius 2 is 2.07 bits per heavy atom. The molecule has 3 heterocycles. The van der Waals surface area contributed by atoms with Crippen molar-refractivity contribution in [3.63, 3.8) is 0 Å². The van der Waals surface area contributed by atoms with Crippen molar-refractivity contribution in [3.05, 3.63) is 52.4 Å². The van der Waals surface area contributed by atoms with Crippen molar-refractivity contribution >= 4 is 33.5 Å². The number of thiophene rings is 1. The van der Waals surface area contributed by atoms with Crippen LogP contribution in [0.2, 0.25) is 0 Å². The lowest BCUT2D eigenvalue weighted by molar-refractivity contribution is 0.0435. The molecule has 0 saturated heterocycles. The standard InChI is InChI=1S/C19H19N5O3S/c1-11-7-5-6-8-14(11)24-17-13(12(2)21-24)9-15(28-17)18(25)26-10-16-20-19(22-27-16)23(3)4/h5-9H,10H2,1-4H3. The van der Waals surface area contributed by atoms with Gasteiger partial charge in [0.2, 0.25) is 0 Å². The Morgan fingerprint density at radius 1 is 1.29 bits per heavy atom. The predicted molar refractivity (Wildman–Crippen MR) is 106 cm³/mol. The van der Waals surface area contributed by atoms with E-state index in [1.54, 1.807) is 19.0 Å². The van der Waals surface area contributed by atoms with Gasteiger partial charge in [0.25, 0.3) is 11.8 Å². The number of aryl methyl sites for hydroxylation is 2. The zero-order valence-electron chi connectivity index (χ0n) is 16.0. The molecule has 0 fully saturated rings. The molecule has 0 saturated carbocycles. The maximum absolute atomic E-state index is 12.5. The summed E-state index contributed by atoms with van der Waals surface area (Å²) in [6.45, 7) is 3.89. The summed E-state index contributed by atoms with van der Waals surface area (Å²) in [7, 11) is 3.61. The Hall–Kier alpha value is -3.20. The molecule has 1 aromatic carbocycles. The zero-order valence-corrected chi connectivity index (χ0v) is 16.8. The largest absolute Gasteiger partial charge is 0.451 e. The van der Waals surface area contributed by atoms with Crippen LogP contribution >= 0.6 is 11.3 Å². The number of hydrogen-bond acceptors (Lipinski definition) is 8. The molecule has 8 nitrogen and oxygen atoms in total. The number of nitrogens with zero attached hydrogens (tertiary/aromatic N) is 5. The fourth-order valence-corrected chi connectivity index (χ4v) is 3.87. The maximum atomic E-state index is 12.5. The van der Waals surface area contributed by atoms with Gasteiger partial charge in [0.1, 0.15) is 9.71 Å². The molecule has 144 valence electrons. The number of rotatable bonds is 5. The number of carbonyl (C=O) groups excluding carboxylic acids is 1. The highest BCUT2D eigenvalue weighted by Crippen LogP contribution is 2.31. The number of esters is 1. The molecule has 3 aromatic heterocycles. The van der Waals surface area contributed by atoms with Crippen LogP contribution < -0.4 is 4.90 Å². The molecule has 0 spiro atoms. The van der Waals surface area contributed by atoms with Crippen LogP contribution in [0, 0.1) is 13.8 Å². The summed E-state index contributed by atoms with van der Waals surface area (Å²) in [5, 5.41) is 9.37. The molecule has 0 aliphatic heterocycles. The molecule has 0 radical (unpaired) electrons. The van der Waals surface area contributed by atoms with E-state index in [2.05, 4.69) is 15.2 Å². The Kier molecular flexibility index (Phi) is 4.60. The average Bonchev–Trinajstić information content (AvgIpc) is 3.37. The van der Waals surface area contributed by atoms with Gasteiger partial charge in [-0.25, -0.2) is 9.48 Å². The van der Waals surface area contributed by atoms with Crippen LogP contribution in [0.4, 0.5) is 5.95 Å². The molecule has 9 heteroatoms. The third kappa shape index (κ3) is 3.24. The molecule has 0 atom stereocenters. The van der Waals surface area contributed by atoms with Crippen molar-refractivity contribution in [1.29, 1.82) is 0 Å². The minimum Gasteiger partial charge on any atom is -0.451 e. The highest BCUT2D eigenvalue weighted by Gasteiger charge is 2.19. The second-order valence-corrected chi connectivity index (χ2v) is 7.60. The summed E-state index contributed by atoms with van der Waals surface area (Å²) in [6.07, 6.45) is 0. The van der Waals surface area contributed by atoms with E-state index >= 15 is 0 Å². The first-order valence-corrected chi connectivity index (χ1v) is 9.48. The van der Waals surface area contributed by atoms with Gasteiger partial charge in [0, 0.05) is 19.5 Å². The lowest BCUT2D eigenvalue weighted by Gasteiger charge is -2.05. The van der Waals surface area contributed by atoms with Gasteiger partial charge in [0.05, 0.1) is 11.4 Å². The van der Waals surface area contributed by atoms with Crippen LogP contribution in [0.3, 0.4) is 0 Å². The molecule has 0 aliphatic rings. The first-order chi connectivity index (χ1) is 13.4. The van der Waals surface area contributed by atoms with Gasteiger partial charge in [-0.3, -0.25) is 0 Å². The number of para-hydroxylation sites is 1. The van der Waals surface area contributed by atoms with Crippen molar-refractivity contribution < 1.29 is 14.1 Å². The van der Waals surface area contributed by atoms with Crippen molar-refractivity contribution in [2.24, 2.45) is 0 Å². The summed E-state index contributed by atoms with van der Waals surface area (Å²) in [5.41, 5.74) is 2.96. The van der Waals surface area contributed by atoms with Crippen LogP contribution in [-0.2, 0) is 11.3 Å². The summed E-state index contributed by atoms with van der Waals surface area (Å²) in [6, 6.07) is 9.83. The molecule has 0 amide bonds. The molecule has 0 aliphatic carbocycles. The van der Waals surface area contributed by atoms with Gasteiger partial charge in [-0.1, -0.05) is 18.2 Å². The number of hydrogen-bond donors (Lipinski definition) is 0. The molecule has 0 N–H and O–H groups in total. The van der Waals surface area contributed by atoms with E-state index in [4.69, 9.17) is 9.26 Å². The van der Waals surface area contributed by atoms with Crippen molar-refractivity contribution in [2.75, 3.05) is 19.0 Å². The third-order valence-electron chi connectivity index (χ3n) is 4.27. The van der Waals surface area contributed by atoms with Gasteiger partial charge >= 0.3 is 5.97 Å². The van der Waals surface area contributed by atoms with E-state index < -0.39 is 5.97 Å². The van der Waals surface area contributed by atoms with Crippen LogP contribution in [-0.4, -0.2) is 40.0 Å². The molecule has 4 rings (SSSR count). The number of aromatic nitrogens is 4. The number of anilines is 1. The topological polar surface area (TPSA) is 86.3 Å². The van der Waals surface area contributed by atoms with Gasteiger partial charge < -0.3 is 14.2 Å². The van der Waals surface area contributed by atoms with Gasteiger partial charge in [-0.2, -0.15) is 10.1 Å². The molecule has 4 aromatic rings. The first kappa shape index (κ1) is 18.2. The zero-order chi connectivity index (χ0) is 19.8. The minimum absolute atomic E-state index is 0.0726. The minimum atomic E-state index is -0.429. The van der Waals surface area contributed by atoms with Crippen LogP contribution in [0.5, 0.6) is 0 Å². The SMILES string of the molecule is Cc1ccccc1-n1nc(C)c2cc(C(=O)OCc3nc(N(C)C)no3)sc21. The summed E-state index contributed by atoms with van der Waals surface area (Å²) >= 11 is 1.35. The van der Waals surface area contributed by atoms with Crippen LogP contribution in [0.25, 0.3) is 15.9 Å². The van der Waals surface area contributed by atoms with E-state index in [-0.39, 0.29) is 12.5 Å². The molecule has 28 heavy (non-hydrogen) atoms. The van der Waals surface area contributed by atoms with Gasteiger partial charge in [-0.05, 0) is 36.7 Å². The van der Waals surface area contributed by atoms with Gasteiger partial charge in [-0.15, -0.1) is 11.3 Å². The van der Waals surface area contributed by atoms with E-state index in [0.717, 1.165) is 27.2 Å². The maximum Gasteiger partial charge on any atom is 0.348 e. The molecular weight excluding hydrogens is 378 g/mol. The average molecular weight is 397 g/mol. The fraction of sp³-hybridized carbons (Fsp3) is 0.263. The van der Waals surface area contributed by atoms with E-state index in [0.29, 0.717) is 10.8 Å². The van der Waals surface area contributed by atoms with Crippen LogP contribution in [0.1, 0.15) is 26.8 Å². The van der Waals surface area contributed by atoms with E-state index in [1.807, 2.05) is 48.9 Å². The summed E-state index contributed by atoms with van der Waals surface area (Å²) < 4.78 is 12.3. The molecule has 0 unspecified atom stereocenters.